The first kappa shape index (κ1) is 17.6. The molecule has 2 aromatic carbocycles. The normalized spacial score (nSPS) is 11.4. The maximum absolute atomic E-state index is 12.3. The summed E-state index contributed by atoms with van der Waals surface area (Å²) in [5.41, 5.74) is 1.03. The van der Waals surface area contributed by atoms with E-state index in [1.165, 1.54) is 19.2 Å². The molecule has 0 fully saturated rings. The van der Waals surface area contributed by atoms with Crippen LogP contribution in [0.15, 0.2) is 47.4 Å². The Balaban J connectivity index is 1.96. The van der Waals surface area contributed by atoms with Gasteiger partial charge in [-0.3, -0.25) is 0 Å². The highest BCUT2D eigenvalue weighted by Crippen LogP contribution is 2.26. The van der Waals surface area contributed by atoms with E-state index in [9.17, 15) is 13.5 Å². The van der Waals surface area contributed by atoms with Gasteiger partial charge in [-0.05, 0) is 48.7 Å². The minimum absolute atomic E-state index is 0.0251. The fourth-order valence-corrected chi connectivity index (χ4v) is 3.60. The number of rotatable bonds is 7. The average Bonchev–Trinajstić information content (AvgIpc) is 2.53. The molecular weight excluding hydrogens is 338 g/mol. The van der Waals surface area contributed by atoms with Gasteiger partial charge in [-0.15, -0.1) is 0 Å². The number of hydrogen-bond acceptors (Lipinski definition) is 4. The second-order valence-electron chi connectivity index (χ2n) is 4.96. The number of ether oxygens (including phenoxy) is 1. The molecule has 7 heteroatoms. The van der Waals surface area contributed by atoms with E-state index in [1.54, 1.807) is 18.2 Å². The fourth-order valence-electron chi connectivity index (χ4n) is 2.10. The fraction of sp³-hybridized carbons (Fsp3) is 0.250. The highest BCUT2D eigenvalue weighted by molar-refractivity contribution is 7.89. The summed E-state index contributed by atoms with van der Waals surface area (Å²) in [5, 5.41) is 9.55. The SMILES string of the molecule is COc1ccc(Cl)cc1S(=O)(=O)NCCCc1ccc(O)cc1. The summed E-state index contributed by atoms with van der Waals surface area (Å²) in [7, 11) is -2.28. The summed E-state index contributed by atoms with van der Waals surface area (Å²) in [6.45, 7) is 0.291. The van der Waals surface area contributed by atoms with Crippen molar-refractivity contribution in [3.63, 3.8) is 0 Å². The molecule has 2 rings (SSSR count). The van der Waals surface area contributed by atoms with Crippen molar-refractivity contribution in [2.75, 3.05) is 13.7 Å². The van der Waals surface area contributed by atoms with Crippen molar-refractivity contribution in [1.29, 1.82) is 0 Å². The Kier molecular flexibility index (Phi) is 5.87. The summed E-state index contributed by atoms with van der Waals surface area (Å²) >= 11 is 5.87. The third-order valence-corrected chi connectivity index (χ3v) is 5.00. The van der Waals surface area contributed by atoms with E-state index >= 15 is 0 Å². The molecule has 0 amide bonds. The molecule has 0 atom stereocenters. The molecule has 0 bridgehead atoms. The Bertz CT molecular complexity index is 760. The number of phenolic OH excluding ortho intramolecular Hbond substituents is 1. The summed E-state index contributed by atoms with van der Waals surface area (Å²) in [5.74, 6) is 0.461. The lowest BCUT2D eigenvalue weighted by Gasteiger charge is -2.11. The molecule has 23 heavy (non-hydrogen) atoms. The number of nitrogens with one attached hydrogen (secondary N) is 1. The van der Waals surface area contributed by atoms with Crippen LogP contribution in [0.4, 0.5) is 0 Å². The van der Waals surface area contributed by atoms with E-state index in [1.807, 2.05) is 12.1 Å². The predicted molar refractivity (Wildman–Crippen MR) is 89.6 cm³/mol. The van der Waals surface area contributed by atoms with Crippen molar-refractivity contribution in [3.8, 4) is 11.5 Å². The number of aryl methyl sites for hydroxylation is 1. The van der Waals surface area contributed by atoms with Gasteiger partial charge in [-0.1, -0.05) is 23.7 Å². The van der Waals surface area contributed by atoms with Crippen LogP contribution in [0.5, 0.6) is 11.5 Å². The Labute approximate surface area is 140 Å². The van der Waals surface area contributed by atoms with Crippen LogP contribution in [0.2, 0.25) is 5.02 Å². The van der Waals surface area contributed by atoms with Crippen molar-refractivity contribution >= 4 is 21.6 Å². The van der Waals surface area contributed by atoms with E-state index in [4.69, 9.17) is 16.3 Å². The average molecular weight is 356 g/mol. The Morgan fingerprint density at radius 2 is 1.87 bits per heavy atom. The Morgan fingerprint density at radius 3 is 2.52 bits per heavy atom. The van der Waals surface area contributed by atoms with Crippen molar-refractivity contribution in [2.45, 2.75) is 17.7 Å². The van der Waals surface area contributed by atoms with E-state index in [2.05, 4.69) is 4.72 Å². The van der Waals surface area contributed by atoms with Gasteiger partial charge < -0.3 is 9.84 Å². The first-order valence-electron chi connectivity index (χ1n) is 7.03. The van der Waals surface area contributed by atoms with Gasteiger partial charge >= 0.3 is 0 Å². The number of benzene rings is 2. The van der Waals surface area contributed by atoms with Crippen LogP contribution in [-0.4, -0.2) is 27.2 Å². The lowest BCUT2D eigenvalue weighted by atomic mass is 10.1. The minimum atomic E-state index is -3.69. The van der Waals surface area contributed by atoms with Gasteiger partial charge in [0.25, 0.3) is 0 Å². The third-order valence-electron chi connectivity index (χ3n) is 3.29. The third kappa shape index (κ3) is 4.86. The maximum Gasteiger partial charge on any atom is 0.244 e. The molecule has 0 radical (unpaired) electrons. The molecule has 0 aliphatic rings. The molecule has 0 unspecified atom stereocenters. The summed E-state index contributed by atoms with van der Waals surface area (Å²) in [6.07, 6.45) is 1.34. The van der Waals surface area contributed by atoms with Crippen LogP contribution >= 0.6 is 11.6 Å². The molecule has 2 aromatic rings. The van der Waals surface area contributed by atoms with Gasteiger partial charge in [0.15, 0.2) is 0 Å². The largest absolute Gasteiger partial charge is 0.508 e. The zero-order valence-electron chi connectivity index (χ0n) is 12.6. The van der Waals surface area contributed by atoms with E-state index in [0.29, 0.717) is 24.4 Å². The van der Waals surface area contributed by atoms with E-state index < -0.39 is 10.0 Å². The van der Waals surface area contributed by atoms with Gasteiger partial charge in [0.05, 0.1) is 7.11 Å². The first-order valence-corrected chi connectivity index (χ1v) is 8.89. The molecule has 124 valence electrons. The van der Waals surface area contributed by atoms with Crippen LogP contribution in [0.3, 0.4) is 0 Å². The van der Waals surface area contributed by atoms with E-state index in [0.717, 1.165) is 5.56 Å². The Hall–Kier alpha value is -1.76. The van der Waals surface area contributed by atoms with Crippen molar-refractivity contribution < 1.29 is 18.3 Å². The van der Waals surface area contributed by atoms with Crippen LogP contribution < -0.4 is 9.46 Å². The second kappa shape index (κ2) is 7.68. The monoisotopic (exact) mass is 355 g/mol. The molecule has 0 spiro atoms. The predicted octanol–water partition coefficient (Wildman–Crippen LogP) is 2.97. The van der Waals surface area contributed by atoms with Crippen molar-refractivity contribution in [1.82, 2.24) is 4.72 Å². The zero-order valence-corrected chi connectivity index (χ0v) is 14.2. The van der Waals surface area contributed by atoms with Gasteiger partial charge in [0.2, 0.25) is 10.0 Å². The van der Waals surface area contributed by atoms with Crippen LogP contribution in [0.25, 0.3) is 0 Å². The molecular formula is C16H18ClNO4S. The van der Waals surface area contributed by atoms with Crippen LogP contribution in [-0.2, 0) is 16.4 Å². The van der Waals surface area contributed by atoms with Crippen LogP contribution in [0, 0.1) is 0 Å². The standard InChI is InChI=1S/C16H18ClNO4S/c1-22-15-9-6-13(17)11-16(15)23(20,21)18-10-2-3-12-4-7-14(19)8-5-12/h4-9,11,18-19H,2-3,10H2,1H3. The molecule has 0 saturated carbocycles. The lowest BCUT2D eigenvalue weighted by Crippen LogP contribution is -2.25. The quantitative estimate of drug-likeness (QED) is 0.749. The number of phenols is 1. The van der Waals surface area contributed by atoms with Crippen molar-refractivity contribution in [3.05, 3.63) is 53.1 Å². The van der Waals surface area contributed by atoms with Crippen LogP contribution in [0.1, 0.15) is 12.0 Å². The first-order chi connectivity index (χ1) is 10.9. The molecule has 2 N–H and O–H groups in total. The molecule has 0 aromatic heterocycles. The number of aromatic hydroxyl groups is 1. The summed E-state index contributed by atoms with van der Waals surface area (Å²) in [6, 6.07) is 11.3. The Morgan fingerprint density at radius 1 is 1.17 bits per heavy atom. The number of methoxy groups -OCH3 is 1. The molecule has 0 heterocycles. The van der Waals surface area contributed by atoms with Crippen molar-refractivity contribution in [2.24, 2.45) is 0 Å². The zero-order chi connectivity index (χ0) is 16.9. The smallest absolute Gasteiger partial charge is 0.244 e. The van der Waals surface area contributed by atoms with Gasteiger partial charge in [-0.2, -0.15) is 0 Å². The molecule has 0 aliphatic heterocycles. The molecule has 0 aliphatic carbocycles. The highest BCUT2D eigenvalue weighted by Gasteiger charge is 2.19. The van der Waals surface area contributed by atoms with Gasteiger partial charge in [-0.25, -0.2) is 13.1 Å². The van der Waals surface area contributed by atoms with Gasteiger partial charge in [0, 0.05) is 11.6 Å². The lowest BCUT2D eigenvalue weighted by molar-refractivity contribution is 0.402. The number of sulfonamides is 1. The maximum atomic E-state index is 12.3. The molecule has 5 nitrogen and oxygen atoms in total. The highest BCUT2D eigenvalue weighted by atomic mass is 35.5. The minimum Gasteiger partial charge on any atom is -0.508 e. The molecule has 0 saturated heterocycles. The van der Waals surface area contributed by atoms with E-state index in [-0.39, 0.29) is 16.4 Å². The topological polar surface area (TPSA) is 75.6 Å². The number of halogens is 1. The van der Waals surface area contributed by atoms with Gasteiger partial charge in [0.1, 0.15) is 16.4 Å². The second-order valence-corrected chi connectivity index (χ2v) is 7.13. The summed E-state index contributed by atoms with van der Waals surface area (Å²) in [4.78, 5) is 0.0251. The number of hydrogen-bond donors (Lipinski definition) is 2. The summed E-state index contributed by atoms with van der Waals surface area (Å²) < 4.78 is 32.3.